The number of ether oxygens (including phenoxy) is 1. The molecular weight excluding hydrogens is 397 g/mol. The largest absolute Gasteiger partial charge is 0.393 e. The molecule has 0 spiro atoms. The fourth-order valence-electron chi connectivity index (χ4n) is 4.26. The van der Waals surface area contributed by atoms with E-state index in [9.17, 15) is 9.50 Å². The summed E-state index contributed by atoms with van der Waals surface area (Å²) in [5, 5.41) is 26.9. The van der Waals surface area contributed by atoms with Gasteiger partial charge >= 0.3 is 0 Å². The van der Waals surface area contributed by atoms with Crippen molar-refractivity contribution < 1.29 is 14.2 Å². The highest BCUT2D eigenvalue weighted by molar-refractivity contribution is 5.82. The van der Waals surface area contributed by atoms with Crippen LogP contribution in [-0.4, -0.2) is 45.6 Å². The van der Waals surface area contributed by atoms with E-state index in [4.69, 9.17) is 15.1 Å². The number of nitrogens with one attached hydrogen (secondary N) is 1. The van der Waals surface area contributed by atoms with Crippen LogP contribution in [0.4, 0.5) is 10.3 Å². The van der Waals surface area contributed by atoms with E-state index in [1.807, 2.05) is 23.6 Å². The minimum atomic E-state index is -0.547. The molecule has 3 aromatic rings. The lowest BCUT2D eigenvalue weighted by Crippen LogP contribution is -2.23. The SMILES string of the molecule is COC[C@H](C)Nc1ncc2c(-c3ccc(C#N)c(F)c3)cc(C3CCC(O)CC3)n2n1. The molecule has 1 aliphatic rings. The average Bonchev–Trinajstić information content (AvgIpc) is 3.13. The summed E-state index contributed by atoms with van der Waals surface area (Å²) in [4.78, 5) is 4.46. The molecule has 7 nitrogen and oxygen atoms in total. The Morgan fingerprint density at radius 3 is 2.77 bits per heavy atom. The minimum Gasteiger partial charge on any atom is -0.393 e. The first-order chi connectivity index (χ1) is 15.0. The molecule has 1 aromatic carbocycles. The maximum absolute atomic E-state index is 14.3. The number of aliphatic hydroxyl groups is 1. The van der Waals surface area contributed by atoms with Gasteiger partial charge < -0.3 is 15.2 Å². The summed E-state index contributed by atoms with van der Waals surface area (Å²) in [7, 11) is 1.65. The van der Waals surface area contributed by atoms with Crippen molar-refractivity contribution >= 4 is 11.5 Å². The zero-order valence-electron chi connectivity index (χ0n) is 17.7. The van der Waals surface area contributed by atoms with Crippen molar-refractivity contribution in [3.63, 3.8) is 0 Å². The van der Waals surface area contributed by atoms with Gasteiger partial charge in [0.25, 0.3) is 0 Å². The van der Waals surface area contributed by atoms with Gasteiger partial charge in [0, 0.05) is 30.3 Å². The molecule has 0 saturated heterocycles. The molecule has 1 aliphatic carbocycles. The number of aliphatic hydroxyl groups excluding tert-OH is 1. The number of methoxy groups -OCH3 is 1. The smallest absolute Gasteiger partial charge is 0.241 e. The average molecular weight is 423 g/mol. The van der Waals surface area contributed by atoms with Crippen LogP contribution in [0.1, 0.15) is 49.8 Å². The van der Waals surface area contributed by atoms with Gasteiger partial charge in [-0.15, -0.1) is 5.10 Å². The fourth-order valence-corrected chi connectivity index (χ4v) is 4.26. The highest BCUT2D eigenvalue weighted by atomic mass is 19.1. The zero-order chi connectivity index (χ0) is 22.0. The predicted octanol–water partition coefficient (Wildman–Crippen LogP) is 3.87. The van der Waals surface area contributed by atoms with Crippen molar-refractivity contribution in [3.8, 4) is 17.2 Å². The predicted molar refractivity (Wildman–Crippen MR) is 115 cm³/mol. The Morgan fingerprint density at radius 2 is 2.10 bits per heavy atom. The first kappa shape index (κ1) is 21.2. The van der Waals surface area contributed by atoms with Crippen molar-refractivity contribution in [2.24, 2.45) is 0 Å². The number of nitriles is 1. The molecule has 1 atom stereocenters. The Morgan fingerprint density at radius 1 is 1.32 bits per heavy atom. The van der Waals surface area contributed by atoms with Crippen molar-refractivity contribution in [3.05, 3.63) is 47.5 Å². The van der Waals surface area contributed by atoms with Crippen molar-refractivity contribution in [2.45, 2.75) is 50.7 Å². The summed E-state index contributed by atoms with van der Waals surface area (Å²) < 4.78 is 21.4. The van der Waals surface area contributed by atoms with Crippen LogP contribution < -0.4 is 5.32 Å². The van der Waals surface area contributed by atoms with Crippen molar-refractivity contribution in [1.29, 1.82) is 5.26 Å². The number of benzene rings is 1. The molecule has 2 N–H and O–H groups in total. The number of hydrogen-bond donors (Lipinski definition) is 2. The number of fused-ring (bicyclic) bond motifs is 1. The monoisotopic (exact) mass is 423 g/mol. The topological polar surface area (TPSA) is 95.5 Å². The van der Waals surface area contributed by atoms with Gasteiger partial charge in [-0.2, -0.15) is 5.26 Å². The van der Waals surface area contributed by atoms with Crippen LogP contribution in [0.2, 0.25) is 0 Å². The summed E-state index contributed by atoms with van der Waals surface area (Å²) in [6.45, 7) is 2.51. The summed E-state index contributed by atoms with van der Waals surface area (Å²) >= 11 is 0. The molecule has 4 rings (SSSR count). The van der Waals surface area contributed by atoms with E-state index in [1.54, 1.807) is 19.4 Å². The van der Waals surface area contributed by atoms with Gasteiger partial charge in [-0.3, -0.25) is 0 Å². The lowest BCUT2D eigenvalue weighted by atomic mass is 9.85. The van der Waals surface area contributed by atoms with Crippen LogP contribution in [0.15, 0.2) is 30.5 Å². The number of anilines is 1. The highest BCUT2D eigenvalue weighted by Crippen LogP contribution is 2.37. The van der Waals surface area contributed by atoms with Gasteiger partial charge in [-0.1, -0.05) is 6.07 Å². The Hall–Kier alpha value is -3.02. The highest BCUT2D eigenvalue weighted by Gasteiger charge is 2.26. The van der Waals surface area contributed by atoms with Crippen LogP contribution in [0.25, 0.3) is 16.6 Å². The van der Waals surface area contributed by atoms with Crippen LogP contribution in [0.5, 0.6) is 0 Å². The minimum absolute atomic E-state index is 0.0172. The number of nitrogens with zero attached hydrogens (tertiary/aromatic N) is 4. The number of halogens is 1. The second-order valence-corrected chi connectivity index (χ2v) is 8.17. The normalized spacial score (nSPS) is 19.8. The second kappa shape index (κ2) is 9.00. The third-order valence-corrected chi connectivity index (χ3v) is 5.85. The summed E-state index contributed by atoms with van der Waals surface area (Å²) in [6.07, 6.45) is 4.71. The zero-order valence-corrected chi connectivity index (χ0v) is 17.7. The third kappa shape index (κ3) is 4.38. The van der Waals surface area contributed by atoms with Gasteiger partial charge in [-0.25, -0.2) is 13.9 Å². The first-order valence-electron chi connectivity index (χ1n) is 10.5. The molecule has 2 heterocycles. The van der Waals surface area contributed by atoms with Gasteiger partial charge in [0.05, 0.1) is 30.0 Å². The van der Waals surface area contributed by atoms with Crippen LogP contribution in [0, 0.1) is 17.1 Å². The van der Waals surface area contributed by atoms with E-state index in [-0.39, 0.29) is 23.6 Å². The third-order valence-electron chi connectivity index (χ3n) is 5.85. The Balaban J connectivity index is 1.79. The molecule has 0 aliphatic heterocycles. The molecule has 0 unspecified atom stereocenters. The van der Waals surface area contributed by atoms with Crippen molar-refractivity contribution in [1.82, 2.24) is 14.6 Å². The van der Waals surface area contributed by atoms with Crippen LogP contribution in [-0.2, 0) is 4.74 Å². The number of rotatable bonds is 6. The van der Waals surface area contributed by atoms with E-state index in [0.29, 0.717) is 18.1 Å². The molecule has 2 aromatic heterocycles. The molecule has 0 radical (unpaired) electrons. The van der Waals surface area contributed by atoms with E-state index < -0.39 is 5.82 Å². The molecule has 1 saturated carbocycles. The molecule has 1 fully saturated rings. The molecular formula is C23H26FN5O2. The maximum atomic E-state index is 14.3. The molecule has 8 heteroatoms. The maximum Gasteiger partial charge on any atom is 0.241 e. The molecule has 162 valence electrons. The Bertz CT molecular complexity index is 1120. The number of hydrogen-bond acceptors (Lipinski definition) is 6. The summed E-state index contributed by atoms with van der Waals surface area (Å²) in [5.41, 5.74) is 3.31. The molecule has 0 amide bonds. The van der Waals surface area contributed by atoms with E-state index in [2.05, 4.69) is 10.3 Å². The van der Waals surface area contributed by atoms with Gasteiger partial charge in [0.1, 0.15) is 11.9 Å². The van der Waals surface area contributed by atoms with Gasteiger partial charge in [0.15, 0.2) is 0 Å². The molecule has 0 bridgehead atoms. The molecule has 31 heavy (non-hydrogen) atoms. The van der Waals surface area contributed by atoms with E-state index in [0.717, 1.165) is 42.5 Å². The van der Waals surface area contributed by atoms with Gasteiger partial charge in [-0.05, 0) is 56.4 Å². The Labute approximate surface area is 180 Å². The van der Waals surface area contributed by atoms with Crippen LogP contribution in [0.3, 0.4) is 0 Å². The summed E-state index contributed by atoms with van der Waals surface area (Å²) in [6, 6.07) is 8.56. The fraction of sp³-hybridized carbons (Fsp3) is 0.435. The van der Waals surface area contributed by atoms with Gasteiger partial charge in [0.2, 0.25) is 5.95 Å². The van der Waals surface area contributed by atoms with E-state index in [1.165, 1.54) is 12.1 Å². The van der Waals surface area contributed by atoms with E-state index >= 15 is 0 Å². The lowest BCUT2D eigenvalue weighted by molar-refractivity contribution is 0.121. The van der Waals surface area contributed by atoms with Crippen LogP contribution >= 0.6 is 0 Å². The summed E-state index contributed by atoms with van der Waals surface area (Å²) in [5.74, 6) is 0.184. The first-order valence-corrected chi connectivity index (χ1v) is 10.5. The van der Waals surface area contributed by atoms with Crippen molar-refractivity contribution in [2.75, 3.05) is 19.0 Å². The second-order valence-electron chi connectivity index (χ2n) is 8.17. The quantitative estimate of drug-likeness (QED) is 0.625. The lowest BCUT2D eigenvalue weighted by Gasteiger charge is -2.25. The standard InChI is InChI=1S/C23H26FN5O2/c1-14(13-31-2)27-23-26-12-22-19(16-3-4-17(11-25)20(24)9-16)10-21(29(22)28-23)15-5-7-18(30)8-6-15/h3-4,9-10,12,14-15,18,30H,5-8,13H2,1-2H3,(H,27,28)/t14-,15?,18?/m0/s1. The number of aromatic nitrogens is 3. The Kier molecular flexibility index (Phi) is 6.16.